The largest absolute Gasteiger partial charge is 0.508 e. The minimum Gasteiger partial charge on any atom is -0.434 e. The van der Waals surface area contributed by atoms with Crippen LogP contribution in [-0.2, 0) is 22.4 Å². The second-order valence-electron chi connectivity index (χ2n) is 10.6. The van der Waals surface area contributed by atoms with Gasteiger partial charge in [-0.2, -0.15) is 0 Å². The standard InChI is InChI=1S/C29H37FN4O5/c1-3-4-5-17-37-29(36)38-24-7-6-13-34-27(24)31-19(2)22(28(34)35)12-16-33-14-10-20(11-15-33)26-23-9-8-21(30)18-25(23)39-32-26/h8-9,18,20,24H,3-7,10-17H2,1-2H3. The van der Waals surface area contributed by atoms with Crippen LogP contribution in [0.15, 0.2) is 27.5 Å². The van der Waals surface area contributed by atoms with E-state index in [1.807, 2.05) is 6.92 Å². The predicted molar refractivity (Wildman–Crippen MR) is 143 cm³/mol. The van der Waals surface area contributed by atoms with Crippen LogP contribution in [0.1, 0.15) is 86.7 Å². The molecule has 1 unspecified atom stereocenters. The van der Waals surface area contributed by atoms with Gasteiger partial charge in [0.15, 0.2) is 17.5 Å². The van der Waals surface area contributed by atoms with Crippen molar-refractivity contribution < 1.29 is 23.2 Å². The minimum atomic E-state index is -0.699. The summed E-state index contributed by atoms with van der Waals surface area (Å²) in [4.78, 5) is 32.7. The molecule has 2 aromatic heterocycles. The molecule has 210 valence electrons. The van der Waals surface area contributed by atoms with Crippen molar-refractivity contribution in [3.05, 3.63) is 57.1 Å². The summed E-state index contributed by atoms with van der Waals surface area (Å²) in [7, 11) is 0. The van der Waals surface area contributed by atoms with Gasteiger partial charge in [-0.05, 0) is 70.7 Å². The van der Waals surface area contributed by atoms with Gasteiger partial charge >= 0.3 is 6.16 Å². The van der Waals surface area contributed by atoms with Crippen molar-refractivity contribution in [3.8, 4) is 0 Å². The van der Waals surface area contributed by atoms with Gasteiger partial charge in [0.1, 0.15) is 5.82 Å². The first-order chi connectivity index (χ1) is 18.9. The molecule has 0 spiro atoms. The second-order valence-corrected chi connectivity index (χ2v) is 10.6. The number of fused-ring (bicyclic) bond motifs is 2. The van der Waals surface area contributed by atoms with Gasteiger partial charge in [-0.3, -0.25) is 9.36 Å². The number of aryl methyl sites for hydroxylation is 1. The lowest BCUT2D eigenvalue weighted by Crippen LogP contribution is -2.38. The van der Waals surface area contributed by atoms with E-state index in [1.165, 1.54) is 12.1 Å². The normalized spacial score (nSPS) is 18.3. The van der Waals surface area contributed by atoms with Crippen LogP contribution in [-0.4, -0.2) is 52.0 Å². The first kappa shape index (κ1) is 27.3. The maximum atomic E-state index is 13.5. The third-order valence-corrected chi connectivity index (χ3v) is 7.96. The molecule has 0 amide bonds. The third kappa shape index (κ3) is 6.16. The number of benzene rings is 1. The van der Waals surface area contributed by atoms with Crippen molar-refractivity contribution in [2.45, 2.75) is 83.8 Å². The summed E-state index contributed by atoms with van der Waals surface area (Å²) in [6, 6.07) is 4.57. The number of rotatable bonds is 9. The fraction of sp³-hybridized carbons (Fsp3) is 0.586. The molecule has 0 saturated carbocycles. The second kappa shape index (κ2) is 12.3. The zero-order valence-electron chi connectivity index (χ0n) is 22.8. The number of halogens is 1. The van der Waals surface area contributed by atoms with Crippen molar-refractivity contribution >= 4 is 17.1 Å². The summed E-state index contributed by atoms with van der Waals surface area (Å²) in [6.07, 6.45) is 5.41. The number of aromatic nitrogens is 3. The molecule has 1 fully saturated rings. The molecular weight excluding hydrogens is 503 g/mol. The molecule has 1 aromatic carbocycles. The Morgan fingerprint density at radius 3 is 2.79 bits per heavy atom. The number of likely N-dealkylation sites (tertiary alicyclic amines) is 1. The van der Waals surface area contributed by atoms with Gasteiger partial charge in [0.2, 0.25) is 0 Å². The Balaban J connectivity index is 1.18. The number of carbonyl (C=O) groups is 1. The lowest BCUT2D eigenvalue weighted by molar-refractivity contribution is 0.00902. The summed E-state index contributed by atoms with van der Waals surface area (Å²) >= 11 is 0. The number of carbonyl (C=O) groups excluding carboxylic acids is 1. The zero-order chi connectivity index (χ0) is 27.4. The quantitative estimate of drug-likeness (QED) is 0.262. The Hall–Kier alpha value is -3.27. The van der Waals surface area contributed by atoms with E-state index in [0.29, 0.717) is 48.7 Å². The summed E-state index contributed by atoms with van der Waals surface area (Å²) in [5.74, 6) is 0.450. The molecule has 5 rings (SSSR count). The monoisotopic (exact) mass is 540 g/mol. The van der Waals surface area contributed by atoms with Crippen LogP contribution in [0.25, 0.3) is 11.0 Å². The van der Waals surface area contributed by atoms with Gasteiger partial charge in [-0.25, -0.2) is 14.2 Å². The number of nitrogens with zero attached hydrogens (tertiary/aromatic N) is 4. The molecule has 39 heavy (non-hydrogen) atoms. The third-order valence-electron chi connectivity index (χ3n) is 7.96. The topological polar surface area (TPSA) is 99.7 Å². The number of hydrogen-bond donors (Lipinski definition) is 0. The molecule has 0 bridgehead atoms. The van der Waals surface area contributed by atoms with Crippen molar-refractivity contribution in [2.24, 2.45) is 0 Å². The first-order valence-electron chi connectivity index (χ1n) is 14.2. The number of piperidine rings is 1. The van der Waals surface area contributed by atoms with Gasteiger partial charge in [0.05, 0.1) is 12.3 Å². The molecule has 10 heteroatoms. The molecule has 3 aromatic rings. The SMILES string of the molecule is CCCCCOC(=O)OC1CCCn2c1nc(C)c(CCN1CCC(c3noc4cc(F)ccc34)CC1)c2=O. The lowest BCUT2D eigenvalue weighted by atomic mass is 9.91. The van der Waals surface area contributed by atoms with Gasteiger partial charge in [0.25, 0.3) is 5.56 Å². The molecule has 0 aliphatic carbocycles. The van der Waals surface area contributed by atoms with Gasteiger partial charge < -0.3 is 18.9 Å². The van der Waals surface area contributed by atoms with E-state index >= 15 is 0 Å². The Kier molecular flexibility index (Phi) is 8.60. The van der Waals surface area contributed by atoms with Crippen molar-refractivity contribution in [2.75, 3.05) is 26.2 Å². The zero-order valence-corrected chi connectivity index (χ0v) is 22.8. The van der Waals surface area contributed by atoms with E-state index in [0.717, 1.165) is 69.2 Å². The van der Waals surface area contributed by atoms with Crippen LogP contribution in [0.4, 0.5) is 9.18 Å². The Morgan fingerprint density at radius 1 is 1.18 bits per heavy atom. The molecular formula is C29H37FN4O5. The van der Waals surface area contributed by atoms with E-state index in [9.17, 15) is 14.0 Å². The fourth-order valence-corrected chi connectivity index (χ4v) is 5.73. The van der Waals surface area contributed by atoms with Gasteiger partial charge in [-0.15, -0.1) is 0 Å². The highest BCUT2D eigenvalue weighted by molar-refractivity contribution is 5.79. The lowest BCUT2D eigenvalue weighted by Gasteiger charge is -2.31. The van der Waals surface area contributed by atoms with E-state index in [4.69, 9.17) is 19.0 Å². The highest BCUT2D eigenvalue weighted by Crippen LogP contribution is 2.33. The first-order valence-corrected chi connectivity index (χ1v) is 14.2. The Bertz CT molecular complexity index is 1360. The minimum absolute atomic E-state index is 0.0432. The molecule has 2 aliphatic heterocycles. The van der Waals surface area contributed by atoms with E-state index in [-0.39, 0.29) is 17.3 Å². The average Bonchev–Trinajstić information content (AvgIpc) is 3.35. The average molecular weight is 541 g/mol. The van der Waals surface area contributed by atoms with Gasteiger partial charge in [0, 0.05) is 41.7 Å². The van der Waals surface area contributed by atoms with Crippen LogP contribution in [0.3, 0.4) is 0 Å². The molecule has 1 atom stereocenters. The summed E-state index contributed by atoms with van der Waals surface area (Å²) in [6.45, 7) is 7.39. The smallest absolute Gasteiger partial charge is 0.434 e. The van der Waals surface area contributed by atoms with Crippen LogP contribution < -0.4 is 5.56 Å². The molecule has 1 saturated heterocycles. The van der Waals surface area contributed by atoms with E-state index < -0.39 is 12.3 Å². The van der Waals surface area contributed by atoms with Crippen molar-refractivity contribution in [3.63, 3.8) is 0 Å². The molecule has 4 heterocycles. The van der Waals surface area contributed by atoms with E-state index in [2.05, 4.69) is 17.0 Å². The Morgan fingerprint density at radius 2 is 2.00 bits per heavy atom. The molecule has 0 radical (unpaired) electrons. The summed E-state index contributed by atoms with van der Waals surface area (Å²) in [5, 5.41) is 5.12. The number of unbranched alkanes of at least 4 members (excludes halogenated alkanes) is 2. The highest BCUT2D eigenvalue weighted by atomic mass is 19.1. The Labute approximate surface area is 227 Å². The maximum Gasteiger partial charge on any atom is 0.508 e. The fourth-order valence-electron chi connectivity index (χ4n) is 5.73. The summed E-state index contributed by atoms with van der Waals surface area (Å²) < 4.78 is 31.3. The molecule has 9 nitrogen and oxygen atoms in total. The van der Waals surface area contributed by atoms with Crippen molar-refractivity contribution in [1.29, 1.82) is 0 Å². The molecule has 0 N–H and O–H groups in total. The van der Waals surface area contributed by atoms with Crippen LogP contribution in [0.5, 0.6) is 0 Å². The van der Waals surface area contributed by atoms with Crippen molar-refractivity contribution in [1.82, 2.24) is 19.6 Å². The van der Waals surface area contributed by atoms with E-state index in [1.54, 1.807) is 10.6 Å². The van der Waals surface area contributed by atoms with Crippen LogP contribution in [0.2, 0.25) is 0 Å². The number of hydrogen-bond acceptors (Lipinski definition) is 8. The highest BCUT2D eigenvalue weighted by Gasteiger charge is 2.29. The number of ether oxygens (including phenoxy) is 2. The summed E-state index contributed by atoms with van der Waals surface area (Å²) in [5.41, 5.74) is 2.75. The predicted octanol–water partition coefficient (Wildman–Crippen LogP) is 5.43. The van der Waals surface area contributed by atoms with Crippen LogP contribution >= 0.6 is 0 Å². The molecule has 2 aliphatic rings. The van der Waals surface area contributed by atoms with Gasteiger partial charge in [-0.1, -0.05) is 24.9 Å². The maximum absolute atomic E-state index is 13.5. The van der Waals surface area contributed by atoms with Crippen LogP contribution in [0, 0.1) is 12.7 Å².